The second kappa shape index (κ2) is 24.3. The van der Waals surface area contributed by atoms with E-state index >= 15 is 0 Å². The molecule has 0 aliphatic rings. The first-order valence-corrected chi connectivity index (χ1v) is 33.9. The van der Waals surface area contributed by atoms with Crippen molar-refractivity contribution >= 4 is 99.0 Å². The summed E-state index contributed by atoms with van der Waals surface area (Å²) in [6.07, 6.45) is 0. The number of rotatable bonds is 6. The summed E-state index contributed by atoms with van der Waals surface area (Å²) in [6.45, 7) is 30.9. The minimum atomic E-state index is -0.170. The summed E-state index contributed by atoms with van der Waals surface area (Å²) in [7, 11) is 0. The molecular formula is C90H80N6O2. The Bertz CT molecular complexity index is 5520. The number of carbonyl (C=O) groups is 2. The molecule has 0 unspecified atom stereocenters. The number of amides is 2. The van der Waals surface area contributed by atoms with Crippen molar-refractivity contribution in [2.24, 2.45) is 0 Å². The summed E-state index contributed by atoms with van der Waals surface area (Å²) in [6, 6.07) is 61.8. The molecule has 4 aromatic heterocycles. The molecule has 0 radical (unpaired) electrons. The van der Waals surface area contributed by atoms with Gasteiger partial charge in [-0.15, -0.1) is 0 Å². The standard InChI is InChI=1S/C90H80N6O2/c1-53(57-27-17-15-18-28-57)91-85(97)63-33-23-25-55(43-63)35-37-61-47-67(89(9,10)11)51-75-71-41-39-69-73-49-65(87(3,4)5)45-59(77(73)93-81(69)83(71)95-79(61)75)31-21-22-32-60-46-66(88(6,7)8)50-74-70-40-42-72-76-52-68(90(12,13)14)48-62(80(76)96-84(72)82(70)94-78(60)74)38-36-56-26-24-34-64(44-56)86(98)92-54(2)58-29-19-16-20-30-58/h15-20,23-30,33-34,39-54,93-96H,1-14H3,(H,91,97)(H,92,98)/t53-,54-/m0/s1. The van der Waals surface area contributed by atoms with E-state index in [1.165, 1.54) is 22.3 Å². The molecule has 2 atom stereocenters. The molecule has 0 saturated heterocycles. The van der Waals surface area contributed by atoms with Crippen molar-refractivity contribution in [3.05, 3.63) is 260 Å². The summed E-state index contributed by atoms with van der Waals surface area (Å²) in [5.41, 5.74) is 20.1. The molecule has 8 heteroatoms. The molecular weight excluding hydrogens is 1200 g/mol. The Morgan fingerprint density at radius 3 is 0.878 bits per heavy atom. The third kappa shape index (κ3) is 12.3. The molecule has 4 heterocycles. The van der Waals surface area contributed by atoms with Gasteiger partial charge in [-0.25, -0.2) is 0 Å². The van der Waals surface area contributed by atoms with Gasteiger partial charge in [-0.1, -0.05) is 216 Å². The van der Waals surface area contributed by atoms with Crippen LogP contribution in [-0.2, 0) is 21.7 Å². The minimum absolute atomic E-state index is 0.146. The van der Waals surface area contributed by atoms with Crippen molar-refractivity contribution in [3.63, 3.8) is 0 Å². The van der Waals surface area contributed by atoms with Crippen LogP contribution in [0.15, 0.2) is 182 Å². The molecule has 2 amide bonds. The molecule has 0 fully saturated rings. The van der Waals surface area contributed by atoms with Gasteiger partial charge in [0.1, 0.15) is 0 Å². The predicted molar refractivity (Wildman–Crippen MR) is 408 cm³/mol. The summed E-state index contributed by atoms with van der Waals surface area (Å²) >= 11 is 0. The van der Waals surface area contributed by atoms with E-state index in [0.717, 1.165) is 132 Å². The fourth-order valence-electron chi connectivity index (χ4n) is 13.4. The smallest absolute Gasteiger partial charge is 0.251 e. The van der Waals surface area contributed by atoms with Crippen LogP contribution in [-0.4, -0.2) is 31.8 Å². The van der Waals surface area contributed by atoms with Crippen molar-refractivity contribution in [3.8, 4) is 47.4 Å². The third-order valence-corrected chi connectivity index (χ3v) is 19.3. The summed E-state index contributed by atoms with van der Waals surface area (Å²) in [4.78, 5) is 42.6. The summed E-state index contributed by atoms with van der Waals surface area (Å²) in [5, 5.41) is 15.1. The van der Waals surface area contributed by atoms with Gasteiger partial charge in [0.05, 0.1) is 56.2 Å². The zero-order valence-corrected chi connectivity index (χ0v) is 58.3. The van der Waals surface area contributed by atoms with Crippen LogP contribution in [0.4, 0.5) is 0 Å². The molecule has 6 N–H and O–H groups in total. The van der Waals surface area contributed by atoms with Crippen molar-refractivity contribution in [1.82, 2.24) is 30.6 Å². The molecule has 10 aromatic carbocycles. The maximum Gasteiger partial charge on any atom is 0.251 e. The average Bonchev–Trinajstić information content (AvgIpc) is 1.57. The molecule has 14 aromatic rings. The lowest BCUT2D eigenvalue weighted by Crippen LogP contribution is -2.26. The Hall–Kier alpha value is -11.4. The second-order valence-corrected chi connectivity index (χ2v) is 30.5. The maximum atomic E-state index is 13.5. The highest BCUT2D eigenvalue weighted by atomic mass is 16.2. The van der Waals surface area contributed by atoms with E-state index in [9.17, 15) is 9.59 Å². The zero-order valence-electron chi connectivity index (χ0n) is 58.3. The van der Waals surface area contributed by atoms with Crippen LogP contribution >= 0.6 is 0 Å². The Morgan fingerprint density at radius 2 is 0.592 bits per heavy atom. The Morgan fingerprint density at radius 1 is 0.306 bits per heavy atom. The Balaban J connectivity index is 0.837. The van der Waals surface area contributed by atoms with Crippen LogP contribution in [0, 0.1) is 47.4 Å². The van der Waals surface area contributed by atoms with Crippen LogP contribution in [0.3, 0.4) is 0 Å². The molecule has 98 heavy (non-hydrogen) atoms. The second-order valence-electron chi connectivity index (χ2n) is 30.5. The van der Waals surface area contributed by atoms with Gasteiger partial charge in [-0.3, -0.25) is 9.59 Å². The summed E-state index contributed by atoms with van der Waals surface area (Å²) in [5.74, 6) is 27.5. The van der Waals surface area contributed by atoms with Crippen molar-refractivity contribution in [2.75, 3.05) is 0 Å². The van der Waals surface area contributed by atoms with Gasteiger partial charge in [0, 0.05) is 87.6 Å². The van der Waals surface area contributed by atoms with Gasteiger partial charge in [0.25, 0.3) is 11.8 Å². The molecule has 0 spiro atoms. The van der Waals surface area contributed by atoms with Gasteiger partial charge in [-0.05, 0) is 166 Å². The zero-order chi connectivity index (χ0) is 68.7. The van der Waals surface area contributed by atoms with Crippen molar-refractivity contribution in [1.29, 1.82) is 0 Å². The van der Waals surface area contributed by atoms with Crippen LogP contribution in [0.5, 0.6) is 0 Å². The monoisotopic (exact) mass is 1280 g/mol. The predicted octanol–water partition coefficient (Wildman–Crippen LogP) is 20.6. The number of nitrogens with one attached hydrogen (secondary N) is 6. The number of aromatic amines is 4. The minimum Gasteiger partial charge on any atom is -0.352 e. The van der Waals surface area contributed by atoms with E-state index in [1.54, 1.807) is 0 Å². The van der Waals surface area contributed by atoms with Gasteiger partial charge in [0.15, 0.2) is 0 Å². The van der Waals surface area contributed by atoms with Gasteiger partial charge >= 0.3 is 0 Å². The SMILES string of the molecule is C[C@H](NC(=O)c1cccc(C#Cc2cc(C(C)(C)C)cc3c2[nH]c2c3ccc3c4cc(C(C)(C)C)cc(C#CC#Cc5cc(C(C)(C)C)cc6c5[nH]c5c6ccc6c7cc(C(C)(C)C)cc(C#Cc8cccc(C(=O)N[C@@H](C)c9ccccc9)c8)c7[nH]c65)c4[nH]c32)c1)c1ccccc1. The molecule has 0 aliphatic heterocycles. The van der Waals surface area contributed by atoms with Crippen LogP contribution in [0.1, 0.15) is 196 Å². The third-order valence-electron chi connectivity index (χ3n) is 19.3. The highest BCUT2D eigenvalue weighted by Crippen LogP contribution is 2.43. The summed E-state index contributed by atoms with van der Waals surface area (Å²) < 4.78 is 0. The topological polar surface area (TPSA) is 121 Å². The van der Waals surface area contributed by atoms with Crippen LogP contribution < -0.4 is 10.6 Å². The molecule has 482 valence electrons. The number of fused-ring (bicyclic) bond motifs is 14. The average molecular weight is 1280 g/mol. The number of hydrogen-bond donors (Lipinski definition) is 6. The highest BCUT2D eigenvalue weighted by molar-refractivity contribution is 6.24. The Labute approximate surface area is 573 Å². The van der Waals surface area contributed by atoms with Crippen molar-refractivity contribution < 1.29 is 9.59 Å². The largest absolute Gasteiger partial charge is 0.352 e. The molecule has 14 rings (SSSR count). The maximum absolute atomic E-state index is 13.5. The number of aromatic nitrogens is 4. The van der Waals surface area contributed by atoms with Crippen LogP contribution in [0.2, 0.25) is 0 Å². The first-order valence-electron chi connectivity index (χ1n) is 33.9. The number of hydrogen-bond acceptors (Lipinski definition) is 2. The fourth-order valence-corrected chi connectivity index (χ4v) is 13.4. The number of H-pyrrole nitrogens is 4. The van der Waals surface area contributed by atoms with E-state index in [1.807, 2.05) is 123 Å². The van der Waals surface area contributed by atoms with E-state index in [-0.39, 0.29) is 45.6 Å². The normalized spacial score (nSPS) is 12.7. The lowest BCUT2D eigenvalue weighted by atomic mass is 9.85. The lowest BCUT2D eigenvalue weighted by molar-refractivity contribution is 0.0931. The Kier molecular flexibility index (Phi) is 15.9. The fraction of sp³-hybridized carbons (Fsp3) is 0.222. The highest BCUT2D eigenvalue weighted by Gasteiger charge is 2.26. The first-order chi connectivity index (χ1) is 46.7. The van der Waals surface area contributed by atoms with Crippen LogP contribution in [0.25, 0.3) is 87.2 Å². The van der Waals surface area contributed by atoms with Gasteiger partial charge in [-0.2, -0.15) is 0 Å². The lowest BCUT2D eigenvalue weighted by Gasteiger charge is -2.20. The van der Waals surface area contributed by atoms with E-state index in [4.69, 9.17) is 0 Å². The quantitative estimate of drug-likeness (QED) is 0.0930. The number of benzene rings is 10. The number of carbonyl (C=O) groups excluding carboxylic acids is 2. The van der Waals surface area contributed by atoms with Gasteiger partial charge < -0.3 is 30.6 Å². The molecule has 0 aliphatic carbocycles. The molecule has 0 bridgehead atoms. The van der Waals surface area contributed by atoms with E-state index < -0.39 is 0 Å². The molecule has 0 saturated carbocycles. The van der Waals surface area contributed by atoms with Crippen molar-refractivity contribution in [2.45, 2.75) is 131 Å². The van der Waals surface area contributed by atoms with Gasteiger partial charge in [0.2, 0.25) is 0 Å². The first kappa shape index (κ1) is 63.9. The van der Waals surface area contributed by atoms with E-state index in [0.29, 0.717) is 11.1 Å². The molecule has 8 nitrogen and oxygen atoms in total. The van der Waals surface area contributed by atoms with E-state index in [2.05, 4.69) is 234 Å².